The fourth-order valence-corrected chi connectivity index (χ4v) is 1.37. The van der Waals surface area contributed by atoms with Gasteiger partial charge in [0.25, 0.3) is 0 Å². The van der Waals surface area contributed by atoms with Crippen LogP contribution in [0.25, 0.3) is 0 Å². The molecule has 0 aliphatic carbocycles. The van der Waals surface area contributed by atoms with Gasteiger partial charge in [-0.25, -0.2) is 0 Å². The summed E-state index contributed by atoms with van der Waals surface area (Å²) in [7, 11) is 0. The predicted molar refractivity (Wildman–Crippen MR) is 54.3 cm³/mol. The highest BCUT2D eigenvalue weighted by molar-refractivity contribution is 6.35. The second-order valence-electron chi connectivity index (χ2n) is 2.52. The van der Waals surface area contributed by atoms with E-state index < -0.39 is 6.61 Å². The van der Waals surface area contributed by atoms with Gasteiger partial charge in [-0.15, -0.1) is 0 Å². The minimum Gasteiger partial charge on any atom is -0.492 e. The number of benzene rings is 1. The highest BCUT2D eigenvalue weighted by atomic mass is 35.5. The van der Waals surface area contributed by atoms with Crippen LogP contribution < -0.4 is 9.47 Å². The van der Waals surface area contributed by atoms with Crippen LogP contribution in [0.4, 0.5) is 8.78 Å². The summed E-state index contributed by atoms with van der Waals surface area (Å²) in [6, 6.07) is 2.53. The van der Waals surface area contributed by atoms with Gasteiger partial charge in [0.1, 0.15) is 11.5 Å². The minimum absolute atomic E-state index is 0.0307. The van der Waals surface area contributed by atoms with Gasteiger partial charge in [0.05, 0.1) is 16.7 Å². The zero-order valence-corrected chi connectivity index (χ0v) is 9.28. The van der Waals surface area contributed by atoms with Gasteiger partial charge >= 0.3 is 6.61 Å². The maximum Gasteiger partial charge on any atom is 0.387 e. The quantitative estimate of drug-likeness (QED) is 0.811. The molecule has 0 radical (unpaired) electrons. The summed E-state index contributed by atoms with van der Waals surface area (Å²) in [6.07, 6.45) is 0. The number of alkyl halides is 2. The number of hydrogen-bond acceptors (Lipinski definition) is 2. The van der Waals surface area contributed by atoms with E-state index in [-0.39, 0.29) is 15.8 Å². The Balaban J connectivity index is 2.97. The molecule has 0 fully saturated rings. The van der Waals surface area contributed by atoms with E-state index in [4.69, 9.17) is 27.9 Å². The Labute approximate surface area is 95.7 Å². The van der Waals surface area contributed by atoms with Crippen LogP contribution >= 0.6 is 23.2 Å². The van der Waals surface area contributed by atoms with Gasteiger partial charge < -0.3 is 9.47 Å². The lowest BCUT2D eigenvalue weighted by molar-refractivity contribution is -0.0498. The topological polar surface area (TPSA) is 18.5 Å². The van der Waals surface area contributed by atoms with Crippen molar-refractivity contribution in [2.75, 3.05) is 6.61 Å². The average molecular weight is 257 g/mol. The van der Waals surface area contributed by atoms with Gasteiger partial charge in [0, 0.05) is 12.1 Å². The molecule has 0 saturated heterocycles. The van der Waals surface area contributed by atoms with E-state index in [9.17, 15) is 8.78 Å². The summed E-state index contributed by atoms with van der Waals surface area (Å²) in [4.78, 5) is 0. The first-order valence-electron chi connectivity index (χ1n) is 4.11. The molecular formula is C9H8Cl2F2O2. The lowest BCUT2D eigenvalue weighted by atomic mass is 10.3. The molecule has 0 spiro atoms. The fraction of sp³-hybridized carbons (Fsp3) is 0.333. The smallest absolute Gasteiger partial charge is 0.387 e. The third-order valence-corrected chi connectivity index (χ3v) is 2.09. The van der Waals surface area contributed by atoms with Gasteiger partial charge in [-0.2, -0.15) is 8.78 Å². The summed E-state index contributed by atoms with van der Waals surface area (Å²) in [6.45, 7) is -0.754. The van der Waals surface area contributed by atoms with Crippen molar-refractivity contribution in [3.05, 3.63) is 22.2 Å². The third kappa shape index (κ3) is 3.39. The lowest BCUT2D eigenvalue weighted by Gasteiger charge is -2.10. The Morgan fingerprint density at radius 3 is 2.27 bits per heavy atom. The van der Waals surface area contributed by atoms with Gasteiger partial charge in [-0.1, -0.05) is 23.2 Å². The molecule has 2 nitrogen and oxygen atoms in total. The molecule has 0 amide bonds. The van der Waals surface area contributed by atoms with Gasteiger partial charge in [-0.3, -0.25) is 0 Å². The van der Waals surface area contributed by atoms with Crippen LogP contribution in [-0.4, -0.2) is 13.2 Å². The van der Waals surface area contributed by atoms with E-state index in [2.05, 4.69) is 4.74 Å². The Bertz CT molecular complexity index is 345. The molecule has 0 atom stereocenters. The van der Waals surface area contributed by atoms with Crippen molar-refractivity contribution >= 4 is 23.2 Å². The van der Waals surface area contributed by atoms with E-state index in [1.54, 1.807) is 6.92 Å². The molecule has 1 rings (SSSR count). The molecule has 1 aromatic rings. The molecule has 0 saturated carbocycles. The Hall–Kier alpha value is -0.740. The molecule has 0 aliphatic rings. The molecular weight excluding hydrogens is 249 g/mol. The highest BCUT2D eigenvalue weighted by Gasteiger charge is 2.12. The standard InChI is InChI=1S/C9H8Cl2F2O2/c1-2-14-7-3-6(11)8(4-5(7)10)15-9(12)13/h3-4,9H,2H2,1H3. The molecule has 0 bridgehead atoms. The van der Waals surface area contributed by atoms with Crippen molar-refractivity contribution in [1.29, 1.82) is 0 Å². The van der Waals surface area contributed by atoms with Crippen molar-refractivity contribution in [3.8, 4) is 11.5 Å². The molecule has 0 aliphatic heterocycles. The van der Waals surface area contributed by atoms with Gasteiger partial charge in [-0.05, 0) is 6.92 Å². The zero-order valence-electron chi connectivity index (χ0n) is 7.77. The van der Waals surface area contributed by atoms with E-state index >= 15 is 0 Å². The summed E-state index contributed by atoms with van der Waals surface area (Å²) in [5.41, 5.74) is 0. The fourth-order valence-electron chi connectivity index (χ4n) is 0.963. The Kier molecular flexibility index (Phi) is 4.42. The van der Waals surface area contributed by atoms with Gasteiger partial charge in [0.15, 0.2) is 0 Å². The average Bonchev–Trinajstić information content (AvgIpc) is 2.13. The summed E-state index contributed by atoms with van der Waals surface area (Å²) in [5.74, 6) is 0.172. The molecule has 6 heteroatoms. The lowest BCUT2D eigenvalue weighted by Crippen LogP contribution is -2.03. The van der Waals surface area contributed by atoms with Crippen molar-refractivity contribution in [2.24, 2.45) is 0 Å². The molecule has 0 N–H and O–H groups in total. The van der Waals surface area contributed by atoms with E-state index in [1.807, 2.05) is 0 Å². The van der Waals surface area contributed by atoms with Crippen LogP contribution in [0.5, 0.6) is 11.5 Å². The van der Waals surface area contributed by atoms with Crippen LogP contribution in [0.15, 0.2) is 12.1 Å². The predicted octanol–water partition coefficient (Wildman–Crippen LogP) is 3.99. The number of halogens is 4. The highest BCUT2D eigenvalue weighted by Crippen LogP contribution is 2.36. The second-order valence-corrected chi connectivity index (χ2v) is 3.34. The van der Waals surface area contributed by atoms with Crippen LogP contribution in [-0.2, 0) is 0 Å². The maximum absolute atomic E-state index is 11.9. The minimum atomic E-state index is -2.93. The normalized spacial score (nSPS) is 10.5. The SMILES string of the molecule is CCOc1cc(Cl)c(OC(F)F)cc1Cl. The molecule has 15 heavy (non-hydrogen) atoms. The largest absolute Gasteiger partial charge is 0.492 e. The third-order valence-electron chi connectivity index (χ3n) is 1.50. The van der Waals surface area contributed by atoms with Crippen molar-refractivity contribution in [3.63, 3.8) is 0 Å². The molecule has 84 valence electrons. The Morgan fingerprint density at radius 2 is 1.73 bits per heavy atom. The van der Waals surface area contributed by atoms with Crippen molar-refractivity contribution in [1.82, 2.24) is 0 Å². The first kappa shape index (κ1) is 12.3. The van der Waals surface area contributed by atoms with Gasteiger partial charge in [0.2, 0.25) is 0 Å². The molecule has 0 aromatic heterocycles. The summed E-state index contributed by atoms with van der Waals surface area (Å²) < 4.78 is 33.1. The van der Waals surface area contributed by atoms with Crippen LogP contribution in [0.1, 0.15) is 6.92 Å². The first-order chi connectivity index (χ1) is 7.04. The first-order valence-corrected chi connectivity index (χ1v) is 4.86. The molecule has 0 heterocycles. The zero-order chi connectivity index (χ0) is 11.4. The number of hydrogen-bond donors (Lipinski definition) is 0. The van der Waals surface area contributed by atoms with E-state index in [0.717, 1.165) is 0 Å². The van der Waals surface area contributed by atoms with Crippen molar-refractivity contribution in [2.45, 2.75) is 13.5 Å². The maximum atomic E-state index is 11.9. The van der Waals surface area contributed by atoms with E-state index in [0.29, 0.717) is 12.4 Å². The van der Waals surface area contributed by atoms with Crippen molar-refractivity contribution < 1.29 is 18.3 Å². The van der Waals surface area contributed by atoms with Crippen LogP contribution in [0.2, 0.25) is 10.0 Å². The number of rotatable bonds is 4. The second kappa shape index (κ2) is 5.37. The van der Waals surface area contributed by atoms with Crippen LogP contribution in [0.3, 0.4) is 0 Å². The molecule has 0 unspecified atom stereocenters. The number of ether oxygens (including phenoxy) is 2. The van der Waals surface area contributed by atoms with Crippen LogP contribution in [0, 0.1) is 0 Å². The monoisotopic (exact) mass is 256 g/mol. The summed E-state index contributed by atoms with van der Waals surface area (Å²) in [5, 5.41) is 0.208. The molecule has 1 aromatic carbocycles. The summed E-state index contributed by atoms with van der Waals surface area (Å²) >= 11 is 11.4. The van der Waals surface area contributed by atoms with E-state index in [1.165, 1.54) is 12.1 Å². The Morgan fingerprint density at radius 1 is 1.20 bits per heavy atom.